The van der Waals surface area contributed by atoms with Gasteiger partial charge in [0.1, 0.15) is 10.8 Å². The normalized spacial score (nSPS) is 10.6. The topological polar surface area (TPSA) is 75.2 Å². The molecule has 172 valence electrons. The molecule has 0 aliphatic heterocycles. The number of carbonyl (C=O) groups is 2. The highest BCUT2D eigenvalue weighted by Crippen LogP contribution is 2.28. The zero-order valence-electron chi connectivity index (χ0n) is 17.9. The molecule has 1 aromatic heterocycles. The van der Waals surface area contributed by atoms with Gasteiger partial charge in [-0.3, -0.25) is 9.59 Å². The van der Waals surface area contributed by atoms with E-state index in [4.69, 9.17) is 0 Å². The van der Waals surface area contributed by atoms with Crippen LogP contribution in [-0.4, -0.2) is 33.5 Å². The van der Waals surface area contributed by atoms with Gasteiger partial charge in [0, 0.05) is 35.1 Å². The van der Waals surface area contributed by atoms with Gasteiger partial charge < -0.3 is 10.2 Å². The first-order valence-corrected chi connectivity index (χ1v) is 12.1. The van der Waals surface area contributed by atoms with Gasteiger partial charge in [-0.25, -0.2) is 4.39 Å². The van der Waals surface area contributed by atoms with Crippen molar-refractivity contribution >= 4 is 44.2 Å². The van der Waals surface area contributed by atoms with Crippen LogP contribution in [-0.2, 0) is 11.3 Å². The maximum atomic E-state index is 13.7. The maximum absolute atomic E-state index is 13.7. The SMILES string of the molecule is O=C(CCN(Cc1ccccc1)C(=O)c1cccc(F)c1)Nc1nnc(-c2cccc(Br)c2)s1. The second-order valence-corrected chi connectivity index (χ2v) is 9.34. The molecular formula is C25H20BrFN4O2S. The fourth-order valence-electron chi connectivity index (χ4n) is 3.29. The zero-order chi connectivity index (χ0) is 23.9. The van der Waals surface area contributed by atoms with Gasteiger partial charge >= 0.3 is 0 Å². The lowest BCUT2D eigenvalue weighted by atomic mass is 10.1. The number of rotatable bonds is 8. The van der Waals surface area contributed by atoms with E-state index in [0.29, 0.717) is 16.7 Å². The van der Waals surface area contributed by atoms with Gasteiger partial charge in [0.15, 0.2) is 0 Å². The standard InChI is InChI=1S/C25H20BrFN4O2S/c26-20-10-4-8-18(14-20)23-29-30-25(34-23)28-22(32)12-13-31(16-17-6-2-1-3-7-17)24(33)19-9-5-11-21(27)15-19/h1-11,14-15H,12-13,16H2,(H,28,30,32). The minimum Gasteiger partial charge on any atom is -0.334 e. The second kappa shape index (κ2) is 11.1. The number of hydrogen-bond donors (Lipinski definition) is 1. The van der Waals surface area contributed by atoms with Crippen LogP contribution in [0.4, 0.5) is 9.52 Å². The van der Waals surface area contributed by atoms with Crippen LogP contribution in [0.25, 0.3) is 10.6 Å². The summed E-state index contributed by atoms with van der Waals surface area (Å²) >= 11 is 4.70. The summed E-state index contributed by atoms with van der Waals surface area (Å²) in [5.74, 6) is -1.12. The Bertz CT molecular complexity index is 1300. The first-order chi connectivity index (χ1) is 16.5. The lowest BCUT2D eigenvalue weighted by Gasteiger charge is -2.23. The molecule has 0 saturated carbocycles. The molecule has 9 heteroatoms. The van der Waals surface area contributed by atoms with Crippen LogP contribution in [0.3, 0.4) is 0 Å². The third kappa shape index (κ3) is 6.33. The molecule has 0 saturated heterocycles. The fraction of sp³-hybridized carbons (Fsp3) is 0.120. The highest BCUT2D eigenvalue weighted by Gasteiger charge is 2.19. The van der Waals surface area contributed by atoms with Crippen molar-refractivity contribution in [2.24, 2.45) is 0 Å². The molecule has 6 nitrogen and oxygen atoms in total. The summed E-state index contributed by atoms with van der Waals surface area (Å²) in [4.78, 5) is 27.2. The quantitative estimate of drug-likeness (QED) is 0.308. The number of nitrogens with zero attached hydrogens (tertiary/aromatic N) is 3. The Labute approximate surface area is 208 Å². The van der Waals surface area contributed by atoms with E-state index >= 15 is 0 Å². The van der Waals surface area contributed by atoms with Gasteiger partial charge in [-0.05, 0) is 35.9 Å². The third-order valence-corrected chi connectivity index (χ3v) is 6.31. The largest absolute Gasteiger partial charge is 0.334 e. The van der Waals surface area contributed by atoms with E-state index in [1.807, 2.05) is 54.6 Å². The number of nitrogens with one attached hydrogen (secondary N) is 1. The molecular weight excluding hydrogens is 519 g/mol. The number of benzene rings is 3. The molecule has 0 atom stereocenters. The minimum atomic E-state index is -0.485. The monoisotopic (exact) mass is 538 g/mol. The van der Waals surface area contributed by atoms with Crippen LogP contribution in [0.15, 0.2) is 83.3 Å². The van der Waals surface area contributed by atoms with Gasteiger partial charge in [0.25, 0.3) is 5.91 Å². The average molecular weight is 539 g/mol. The molecule has 0 radical (unpaired) electrons. The van der Waals surface area contributed by atoms with E-state index in [-0.39, 0.29) is 30.3 Å². The molecule has 0 aliphatic carbocycles. The Balaban J connectivity index is 1.42. The molecule has 4 rings (SSSR count). The number of hydrogen-bond acceptors (Lipinski definition) is 5. The van der Waals surface area contributed by atoms with Crippen LogP contribution >= 0.6 is 27.3 Å². The molecule has 1 heterocycles. The fourth-order valence-corrected chi connectivity index (χ4v) is 4.45. The predicted octanol–water partition coefficient (Wildman–Crippen LogP) is 5.78. The number of anilines is 1. The van der Waals surface area contributed by atoms with Crippen molar-refractivity contribution in [3.05, 3.63) is 100 Å². The molecule has 4 aromatic rings. The lowest BCUT2D eigenvalue weighted by Crippen LogP contribution is -2.33. The van der Waals surface area contributed by atoms with E-state index in [2.05, 4.69) is 31.4 Å². The third-order valence-electron chi connectivity index (χ3n) is 4.93. The van der Waals surface area contributed by atoms with Crippen molar-refractivity contribution in [3.63, 3.8) is 0 Å². The predicted molar refractivity (Wildman–Crippen MR) is 134 cm³/mol. The van der Waals surface area contributed by atoms with Crippen molar-refractivity contribution in [1.82, 2.24) is 15.1 Å². The van der Waals surface area contributed by atoms with E-state index in [1.54, 1.807) is 6.07 Å². The second-order valence-electron chi connectivity index (χ2n) is 7.44. The van der Waals surface area contributed by atoms with Crippen molar-refractivity contribution in [2.75, 3.05) is 11.9 Å². The maximum Gasteiger partial charge on any atom is 0.254 e. The number of amides is 2. The van der Waals surface area contributed by atoms with Crippen molar-refractivity contribution in [3.8, 4) is 10.6 Å². The molecule has 0 spiro atoms. The van der Waals surface area contributed by atoms with Crippen LogP contribution in [0, 0.1) is 5.82 Å². The molecule has 34 heavy (non-hydrogen) atoms. The van der Waals surface area contributed by atoms with Crippen LogP contribution in [0.5, 0.6) is 0 Å². The summed E-state index contributed by atoms with van der Waals surface area (Å²) < 4.78 is 14.6. The van der Waals surface area contributed by atoms with E-state index in [1.165, 1.54) is 34.4 Å². The molecule has 1 N–H and O–H groups in total. The van der Waals surface area contributed by atoms with Crippen molar-refractivity contribution in [2.45, 2.75) is 13.0 Å². The van der Waals surface area contributed by atoms with Gasteiger partial charge in [-0.2, -0.15) is 0 Å². The zero-order valence-corrected chi connectivity index (χ0v) is 20.4. The molecule has 3 aromatic carbocycles. The number of halogens is 2. The first kappa shape index (κ1) is 23.7. The summed E-state index contributed by atoms with van der Waals surface area (Å²) in [6.07, 6.45) is 0.0552. The number of carbonyl (C=O) groups excluding carboxylic acids is 2. The Morgan fingerprint density at radius 1 is 0.971 bits per heavy atom. The van der Waals surface area contributed by atoms with Crippen molar-refractivity contribution < 1.29 is 14.0 Å². The Morgan fingerprint density at radius 2 is 1.76 bits per heavy atom. The number of aromatic nitrogens is 2. The molecule has 0 bridgehead atoms. The summed E-state index contributed by atoms with van der Waals surface area (Å²) in [5, 5.41) is 12.0. The van der Waals surface area contributed by atoms with Crippen molar-refractivity contribution in [1.29, 1.82) is 0 Å². The van der Waals surface area contributed by atoms with Crippen LogP contribution in [0.2, 0.25) is 0 Å². The van der Waals surface area contributed by atoms with Gasteiger partial charge in [-0.1, -0.05) is 75.8 Å². The minimum absolute atomic E-state index is 0.0552. The van der Waals surface area contributed by atoms with Gasteiger partial charge in [-0.15, -0.1) is 10.2 Å². The summed E-state index contributed by atoms with van der Waals surface area (Å²) in [6.45, 7) is 0.461. The van der Waals surface area contributed by atoms with Gasteiger partial charge in [0.05, 0.1) is 0 Å². The average Bonchev–Trinajstić information content (AvgIpc) is 3.30. The van der Waals surface area contributed by atoms with Crippen LogP contribution in [0.1, 0.15) is 22.3 Å². The first-order valence-electron chi connectivity index (χ1n) is 10.5. The van der Waals surface area contributed by atoms with E-state index in [9.17, 15) is 14.0 Å². The highest BCUT2D eigenvalue weighted by atomic mass is 79.9. The molecule has 0 aliphatic rings. The van der Waals surface area contributed by atoms with E-state index < -0.39 is 5.82 Å². The Kier molecular flexibility index (Phi) is 7.76. The summed E-state index contributed by atoms with van der Waals surface area (Å²) in [5.41, 5.74) is 2.04. The molecule has 2 amide bonds. The van der Waals surface area contributed by atoms with E-state index in [0.717, 1.165) is 15.6 Å². The lowest BCUT2D eigenvalue weighted by molar-refractivity contribution is -0.116. The highest BCUT2D eigenvalue weighted by molar-refractivity contribution is 9.10. The Hall–Kier alpha value is -3.43. The molecule has 0 fully saturated rings. The molecule has 0 unspecified atom stereocenters. The summed E-state index contributed by atoms with van der Waals surface area (Å²) in [6, 6.07) is 22.6. The van der Waals surface area contributed by atoms with Crippen LogP contribution < -0.4 is 5.32 Å². The summed E-state index contributed by atoms with van der Waals surface area (Å²) in [7, 11) is 0. The smallest absolute Gasteiger partial charge is 0.254 e. The van der Waals surface area contributed by atoms with Gasteiger partial charge in [0.2, 0.25) is 11.0 Å². The Morgan fingerprint density at radius 3 is 2.53 bits per heavy atom.